The topological polar surface area (TPSA) is 23.8 Å². The highest BCUT2D eigenvalue weighted by Gasteiger charge is 2.02. The van der Waals surface area contributed by atoms with Gasteiger partial charge in [0.15, 0.2) is 0 Å². The Morgan fingerprint density at radius 2 is 1.93 bits per heavy atom. The first-order chi connectivity index (χ1) is 6.63. The summed E-state index contributed by atoms with van der Waals surface area (Å²) >= 11 is 8.12. The minimum atomic E-state index is 0.687. The number of rotatable bonds is 2. The van der Waals surface area contributed by atoms with Crippen LogP contribution in [0, 0.1) is 11.3 Å². The number of thioether (sulfide) groups is 1. The average Bonchev–Trinajstić information content (AvgIpc) is 2.16. The fourth-order valence-corrected chi connectivity index (χ4v) is 2.08. The number of halogens is 2. The SMILES string of the molecule is CC(Br)=C(C#N)Sc1ccc(Br)cc1. The molecular weight excluding hydrogens is 326 g/mol. The Hall–Kier alpha value is -0.240. The van der Waals surface area contributed by atoms with Crippen LogP contribution in [0.3, 0.4) is 0 Å². The van der Waals surface area contributed by atoms with Gasteiger partial charge in [-0.1, -0.05) is 43.6 Å². The van der Waals surface area contributed by atoms with Gasteiger partial charge in [0.25, 0.3) is 0 Å². The van der Waals surface area contributed by atoms with Gasteiger partial charge in [0, 0.05) is 13.9 Å². The van der Waals surface area contributed by atoms with Crippen LogP contribution in [0.4, 0.5) is 0 Å². The second kappa shape index (κ2) is 5.59. The molecule has 0 amide bonds. The Morgan fingerprint density at radius 1 is 1.36 bits per heavy atom. The minimum Gasteiger partial charge on any atom is -0.192 e. The van der Waals surface area contributed by atoms with E-state index in [0.29, 0.717) is 4.91 Å². The molecule has 0 saturated carbocycles. The Morgan fingerprint density at radius 3 is 2.36 bits per heavy atom. The molecule has 0 saturated heterocycles. The molecule has 14 heavy (non-hydrogen) atoms. The average molecular weight is 333 g/mol. The number of allylic oxidation sites excluding steroid dienone is 2. The summed E-state index contributed by atoms with van der Waals surface area (Å²) in [5.74, 6) is 0. The summed E-state index contributed by atoms with van der Waals surface area (Å²) in [6.07, 6.45) is 0. The van der Waals surface area contributed by atoms with Crippen molar-refractivity contribution in [2.24, 2.45) is 0 Å². The molecule has 0 atom stereocenters. The molecular formula is C10H7Br2NS. The fraction of sp³-hybridized carbons (Fsp3) is 0.100. The predicted molar refractivity (Wildman–Crippen MR) is 67.2 cm³/mol. The first-order valence-electron chi connectivity index (χ1n) is 3.83. The second-order valence-corrected chi connectivity index (χ2v) is 5.72. The summed E-state index contributed by atoms with van der Waals surface area (Å²) in [6.45, 7) is 1.87. The molecule has 0 aliphatic heterocycles. The molecule has 1 nitrogen and oxygen atoms in total. The normalized spacial score (nSPS) is 11.9. The minimum absolute atomic E-state index is 0.687. The molecule has 0 aliphatic carbocycles. The second-order valence-electron chi connectivity index (χ2n) is 2.53. The number of hydrogen-bond acceptors (Lipinski definition) is 2. The van der Waals surface area contributed by atoms with Crippen molar-refractivity contribution in [2.75, 3.05) is 0 Å². The highest BCUT2D eigenvalue weighted by molar-refractivity contribution is 9.11. The van der Waals surface area contributed by atoms with E-state index in [9.17, 15) is 0 Å². The van der Waals surface area contributed by atoms with Crippen molar-refractivity contribution >= 4 is 43.6 Å². The van der Waals surface area contributed by atoms with Gasteiger partial charge in [0.05, 0.1) is 4.91 Å². The molecule has 1 rings (SSSR count). The van der Waals surface area contributed by atoms with Gasteiger partial charge < -0.3 is 0 Å². The summed E-state index contributed by atoms with van der Waals surface area (Å²) in [7, 11) is 0. The van der Waals surface area contributed by atoms with Gasteiger partial charge in [-0.15, -0.1) is 0 Å². The van der Waals surface area contributed by atoms with Crippen LogP contribution >= 0.6 is 43.6 Å². The highest BCUT2D eigenvalue weighted by atomic mass is 79.9. The van der Waals surface area contributed by atoms with Crippen LogP contribution < -0.4 is 0 Å². The van der Waals surface area contributed by atoms with Crippen molar-refractivity contribution in [1.82, 2.24) is 0 Å². The molecule has 0 bridgehead atoms. The first-order valence-corrected chi connectivity index (χ1v) is 6.23. The Balaban J connectivity index is 2.85. The smallest absolute Gasteiger partial charge is 0.107 e. The van der Waals surface area contributed by atoms with E-state index in [1.165, 1.54) is 11.8 Å². The quantitative estimate of drug-likeness (QED) is 0.579. The van der Waals surface area contributed by atoms with Crippen LogP contribution in [0.15, 0.2) is 43.0 Å². The summed E-state index contributed by atoms with van der Waals surface area (Å²) < 4.78 is 1.91. The molecule has 0 fully saturated rings. The third-order valence-corrected chi connectivity index (χ3v) is 3.75. The van der Waals surface area contributed by atoms with Gasteiger partial charge in [-0.05, 0) is 31.2 Å². The van der Waals surface area contributed by atoms with Crippen LogP contribution in [-0.4, -0.2) is 0 Å². The number of benzene rings is 1. The van der Waals surface area contributed by atoms with Crippen molar-refractivity contribution in [1.29, 1.82) is 5.26 Å². The lowest BCUT2D eigenvalue weighted by Crippen LogP contribution is -1.75. The van der Waals surface area contributed by atoms with Crippen molar-refractivity contribution in [3.63, 3.8) is 0 Å². The maximum Gasteiger partial charge on any atom is 0.107 e. The van der Waals surface area contributed by atoms with E-state index in [-0.39, 0.29) is 0 Å². The van der Waals surface area contributed by atoms with Gasteiger partial charge in [0.2, 0.25) is 0 Å². The van der Waals surface area contributed by atoms with Gasteiger partial charge in [-0.2, -0.15) is 5.26 Å². The molecule has 1 aromatic rings. The predicted octanol–water partition coefficient (Wildman–Crippen LogP) is 4.69. The van der Waals surface area contributed by atoms with Gasteiger partial charge in [-0.25, -0.2) is 0 Å². The maximum atomic E-state index is 8.84. The summed E-state index contributed by atoms with van der Waals surface area (Å²) in [4.78, 5) is 1.75. The fourth-order valence-electron chi connectivity index (χ4n) is 0.791. The van der Waals surface area contributed by atoms with E-state index in [0.717, 1.165) is 13.9 Å². The lowest BCUT2D eigenvalue weighted by Gasteiger charge is -2.00. The molecule has 0 unspecified atom stereocenters. The molecule has 0 aliphatic rings. The largest absolute Gasteiger partial charge is 0.192 e. The number of hydrogen-bond donors (Lipinski definition) is 0. The van der Waals surface area contributed by atoms with Gasteiger partial charge in [-0.3, -0.25) is 0 Å². The maximum absolute atomic E-state index is 8.84. The van der Waals surface area contributed by atoms with Crippen molar-refractivity contribution in [3.05, 3.63) is 38.1 Å². The third-order valence-electron chi connectivity index (χ3n) is 1.45. The van der Waals surface area contributed by atoms with Crippen LogP contribution in [0.2, 0.25) is 0 Å². The van der Waals surface area contributed by atoms with Crippen molar-refractivity contribution in [3.8, 4) is 6.07 Å². The monoisotopic (exact) mass is 331 g/mol. The summed E-state index contributed by atoms with van der Waals surface area (Å²) in [6, 6.07) is 10.0. The zero-order valence-corrected chi connectivity index (χ0v) is 11.4. The van der Waals surface area contributed by atoms with E-state index < -0.39 is 0 Å². The number of nitriles is 1. The van der Waals surface area contributed by atoms with E-state index in [1.54, 1.807) is 0 Å². The Kier molecular flexibility index (Phi) is 4.73. The molecule has 0 aromatic heterocycles. The Labute approximate surface area is 104 Å². The lowest BCUT2D eigenvalue weighted by atomic mass is 10.4. The van der Waals surface area contributed by atoms with Crippen molar-refractivity contribution in [2.45, 2.75) is 11.8 Å². The van der Waals surface area contributed by atoms with E-state index >= 15 is 0 Å². The van der Waals surface area contributed by atoms with Gasteiger partial charge >= 0.3 is 0 Å². The van der Waals surface area contributed by atoms with E-state index in [2.05, 4.69) is 37.9 Å². The van der Waals surface area contributed by atoms with Gasteiger partial charge in [0.1, 0.15) is 6.07 Å². The number of nitrogens with zero attached hydrogens (tertiary/aromatic N) is 1. The molecule has 0 spiro atoms. The van der Waals surface area contributed by atoms with Crippen LogP contribution in [0.25, 0.3) is 0 Å². The molecule has 72 valence electrons. The van der Waals surface area contributed by atoms with Crippen molar-refractivity contribution < 1.29 is 0 Å². The highest BCUT2D eigenvalue weighted by Crippen LogP contribution is 2.30. The summed E-state index contributed by atoms with van der Waals surface area (Å²) in [5, 5.41) is 8.84. The summed E-state index contributed by atoms with van der Waals surface area (Å²) in [5.41, 5.74) is 0. The first kappa shape index (κ1) is 11.8. The Bertz CT molecular complexity index is 386. The van der Waals surface area contributed by atoms with Crippen LogP contribution in [-0.2, 0) is 0 Å². The standard InChI is InChI=1S/C10H7Br2NS/c1-7(11)10(6-13)14-9-4-2-8(12)3-5-9/h2-5H,1H3. The molecule has 0 radical (unpaired) electrons. The lowest BCUT2D eigenvalue weighted by molar-refractivity contribution is 1.44. The van der Waals surface area contributed by atoms with E-state index in [4.69, 9.17) is 5.26 Å². The molecule has 0 heterocycles. The third kappa shape index (κ3) is 3.49. The zero-order chi connectivity index (χ0) is 10.6. The van der Waals surface area contributed by atoms with Crippen LogP contribution in [0.5, 0.6) is 0 Å². The van der Waals surface area contributed by atoms with Crippen LogP contribution in [0.1, 0.15) is 6.92 Å². The molecule has 0 N–H and O–H groups in total. The molecule has 1 aromatic carbocycles. The molecule has 4 heteroatoms. The van der Waals surface area contributed by atoms with E-state index in [1.807, 2.05) is 31.2 Å². The zero-order valence-electron chi connectivity index (χ0n) is 7.42.